The Morgan fingerprint density at radius 3 is 2.44 bits per heavy atom. The van der Waals surface area contributed by atoms with Gasteiger partial charge >= 0.3 is 0 Å². The van der Waals surface area contributed by atoms with Crippen LogP contribution in [0.3, 0.4) is 0 Å². The molecule has 18 heavy (non-hydrogen) atoms. The molecule has 2 nitrogen and oxygen atoms in total. The van der Waals surface area contributed by atoms with Crippen LogP contribution >= 0.6 is 0 Å². The van der Waals surface area contributed by atoms with Crippen LogP contribution in [-0.2, 0) is 0 Å². The fourth-order valence-electron chi connectivity index (χ4n) is 2.42. The number of benzene rings is 1. The van der Waals surface area contributed by atoms with Crippen molar-refractivity contribution in [2.75, 3.05) is 26.2 Å². The van der Waals surface area contributed by atoms with Gasteiger partial charge in [0.1, 0.15) is 5.82 Å². The van der Waals surface area contributed by atoms with Crippen LogP contribution in [0.4, 0.5) is 13.2 Å². The van der Waals surface area contributed by atoms with E-state index >= 15 is 0 Å². The van der Waals surface area contributed by atoms with E-state index in [1.165, 1.54) is 18.2 Å². The van der Waals surface area contributed by atoms with Crippen LogP contribution in [0.5, 0.6) is 0 Å². The first kappa shape index (κ1) is 13.4. The summed E-state index contributed by atoms with van der Waals surface area (Å²) in [6.45, 7) is 4.28. The Labute approximate surface area is 105 Å². The van der Waals surface area contributed by atoms with Crippen molar-refractivity contribution >= 4 is 0 Å². The van der Waals surface area contributed by atoms with E-state index in [4.69, 9.17) is 0 Å². The van der Waals surface area contributed by atoms with Crippen molar-refractivity contribution in [3.05, 3.63) is 35.1 Å². The summed E-state index contributed by atoms with van der Waals surface area (Å²) in [4.78, 5) is 1.77. The first-order chi connectivity index (χ1) is 8.59. The summed E-state index contributed by atoms with van der Waals surface area (Å²) in [6.07, 6.45) is -2.47. The van der Waals surface area contributed by atoms with Crippen molar-refractivity contribution in [2.45, 2.75) is 19.4 Å². The highest BCUT2D eigenvalue weighted by Crippen LogP contribution is 2.30. The minimum atomic E-state index is -2.47. The molecule has 1 saturated heterocycles. The van der Waals surface area contributed by atoms with E-state index < -0.39 is 12.5 Å². The lowest BCUT2D eigenvalue weighted by Crippen LogP contribution is -2.47. The van der Waals surface area contributed by atoms with E-state index in [9.17, 15) is 13.2 Å². The minimum Gasteiger partial charge on any atom is -0.314 e. The van der Waals surface area contributed by atoms with E-state index in [1.807, 2.05) is 0 Å². The normalized spacial score (nSPS) is 19.2. The molecule has 0 saturated carbocycles. The zero-order chi connectivity index (χ0) is 13.1. The van der Waals surface area contributed by atoms with Crippen molar-refractivity contribution < 1.29 is 13.2 Å². The molecule has 2 rings (SSSR count). The van der Waals surface area contributed by atoms with Crippen molar-refractivity contribution in [3.63, 3.8) is 0 Å². The van der Waals surface area contributed by atoms with E-state index in [1.54, 1.807) is 11.8 Å². The number of halogens is 3. The third kappa shape index (κ3) is 2.84. The number of nitrogens with one attached hydrogen (secondary N) is 1. The van der Waals surface area contributed by atoms with Crippen LogP contribution < -0.4 is 5.32 Å². The van der Waals surface area contributed by atoms with Crippen LogP contribution in [0.25, 0.3) is 0 Å². The molecule has 1 atom stereocenters. The largest absolute Gasteiger partial charge is 0.314 e. The van der Waals surface area contributed by atoms with Crippen LogP contribution in [0, 0.1) is 12.7 Å². The Morgan fingerprint density at radius 1 is 1.22 bits per heavy atom. The van der Waals surface area contributed by atoms with E-state index in [0.717, 1.165) is 0 Å². The predicted octanol–water partition coefficient (Wildman–Crippen LogP) is 2.35. The van der Waals surface area contributed by atoms with Crippen molar-refractivity contribution in [1.29, 1.82) is 0 Å². The standard InChI is InChI=1S/C13H17F3N2/c1-9-8-10(14)2-3-11(9)12(13(15)16)18-6-4-17-5-7-18/h2-3,8,12-13,17H,4-7H2,1H3/t12-/m1/s1. The molecule has 5 heteroatoms. The summed E-state index contributed by atoms with van der Waals surface area (Å²) in [5, 5.41) is 3.14. The van der Waals surface area contributed by atoms with Gasteiger partial charge in [0.05, 0.1) is 6.04 Å². The Morgan fingerprint density at radius 2 is 1.89 bits per heavy atom. The minimum absolute atomic E-state index is 0.385. The Hall–Kier alpha value is -1.07. The molecule has 0 amide bonds. The molecule has 0 aromatic heterocycles. The molecule has 0 radical (unpaired) electrons. The summed E-state index contributed by atoms with van der Waals surface area (Å²) in [5.74, 6) is -0.385. The molecule has 1 aromatic carbocycles. The smallest absolute Gasteiger partial charge is 0.258 e. The van der Waals surface area contributed by atoms with Crippen LogP contribution in [0.15, 0.2) is 18.2 Å². The second kappa shape index (κ2) is 5.71. The molecule has 1 fully saturated rings. The SMILES string of the molecule is Cc1cc(F)ccc1[C@H](C(F)F)N1CCNCC1. The Kier molecular flexibility index (Phi) is 4.24. The Balaban J connectivity index is 2.28. The van der Waals surface area contributed by atoms with Gasteiger partial charge < -0.3 is 5.32 Å². The highest BCUT2D eigenvalue weighted by Gasteiger charge is 2.31. The second-order valence-electron chi connectivity index (χ2n) is 4.57. The van der Waals surface area contributed by atoms with Gasteiger partial charge in [-0.25, -0.2) is 13.2 Å². The van der Waals surface area contributed by atoms with Gasteiger partial charge in [0.15, 0.2) is 0 Å². The highest BCUT2D eigenvalue weighted by molar-refractivity contribution is 5.30. The van der Waals surface area contributed by atoms with E-state index in [2.05, 4.69) is 5.32 Å². The van der Waals surface area contributed by atoms with Crippen LogP contribution in [0.1, 0.15) is 17.2 Å². The molecule has 1 aliphatic rings. The predicted molar refractivity (Wildman–Crippen MR) is 64.3 cm³/mol. The fraction of sp³-hybridized carbons (Fsp3) is 0.538. The van der Waals surface area contributed by atoms with Gasteiger partial charge in [-0.05, 0) is 30.2 Å². The second-order valence-corrected chi connectivity index (χ2v) is 4.57. The summed E-state index contributed by atoms with van der Waals surface area (Å²) >= 11 is 0. The summed E-state index contributed by atoms with van der Waals surface area (Å²) in [6, 6.07) is 3.10. The molecule has 0 bridgehead atoms. The van der Waals surface area contributed by atoms with Crippen molar-refractivity contribution in [3.8, 4) is 0 Å². The topological polar surface area (TPSA) is 15.3 Å². The maximum absolute atomic E-state index is 13.3. The summed E-state index contributed by atoms with van der Waals surface area (Å²) in [7, 11) is 0. The first-order valence-corrected chi connectivity index (χ1v) is 6.08. The molecule has 0 aliphatic carbocycles. The molecular formula is C13H17F3N2. The third-order valence-electron chi connectivity index (χ3n) is 3.33. The Bertz CT molecular complexity index is 403. The molecule has 1 N–H and O–H groups in total. The van der Waals surface area contributed by atoms with Gasteiger partial charge in [0, 0.05) is 26.2 Å². The van der Waals surface area contributed by atoms with Gasteiger partial charge in [-0.15, -0.1) is 0 Å². The van der Waals surface area contributed by atoms with Crippen LogP contribution in [-0.4, -0.2) is 37.5 Å². The molecule has 100 valence electrons. The van der Waals surface area contributed by atoms with Gasteiger partial charge in [-0.3, -0.25) is 4.90 Å². The fourth-order valence-corrected chi connectivity index (χ4v) is 2.42. The number of hydrogen-bond acceptors (Lipinski definition) is 2. The maximum atomic E-state index is 13.3. The highest BCUT2D eigenvalue weighted by atomic mass is 19.3. The first-order valence-electron chi connectivity index (χ1n) is 6.08. The monoisotopic (exact) mass is 258 g/mol. The molecule has 1 aromatic rings. The lowest BCUT2D eigenvalue weighted by atomic mass is 9.99. The van der Waals surface area contributed by atoms with Crippen LogP contribution in [0.2, 0.25) is 0 Å². The number of rotatable bonds is 3. The van der Waals surface area contributed by atoms with Gasteiger partial charge in [-0.2, -0.15) is 0 Å². The summed E-state index contributed by atoms with van der Waals surface area (Å²) < 4.78 is 39.6. The lowest BCUT2D eigenvalue weighted by molar-refractivity contribution is 0.0178. The van der Waals surface area contributed by atoms with E-state index in [-0.39, 0.29) is 5.82 Å². The molecule has 1 heterocycles. The third-order valence-corrected chi connectivity index (χ3v) is 3.33. The van der Waals surface area contributed by atoms with Crippen molar-refractivity contribution in [1.82, 2.24) is 10.2 Å². The van der Waals surface area contributed by atoms with Gasteiger partial charge in [0.25, 0.3) is 6.43 Å². The zero-order valence-electron chi connectivity index (χ0n) is 10.3. The van der Waals surface area contributed by atoms with Crippen molar-refractivity contribution in [2.24, 2.45) is 0 Å². The average molecular weight is 258 g/mol. The van der Waals surface area contributed by atoms with E-state index in [0.29, 0.717) is 37.3 Å². The maximum Gasteiger partial charge on any atom is 0.258 e. The molecule has 0 spiro atoms. The number of alkyl halides is 2. The average Bonchev–Trinajstić information content (AvgIpc) is 2.33. The molecule has 0 unspecified atom stereocenters. The quantitative estimate of drug-likeness (QED) is 0.895. The van der Waals surface area contributed by atoms with Gasteiger partial charge in [-0.1, -0.05) is 6.07 Å². The van der Waals surface area contributed by atoms with Gasteiger partial charge in [0.2, 0.25) is 0 Å². The number of nitrogens with zero attached hydrogens (tertiary/aromatic N) is 1. The molecular weight excluding hydrogens is 241 g/mol. The lowest BCUT2D eigenvalue weighted by Gasteiger charge is -2.35. The molecule has 1 aliphatic heterocycles. The number of aryl methyl sites for hydroxylation is 1. The number of hydrogen-bond donors (Lipinski definition) is 1. The number of piperazine rings is 1. The summed E-state index contributed by atoms with van der Waals surface area (Å²) in [5.41, 5.74) is 1.10. The zero-order valence-corrected chi connectivity index (χ0v) is 10.3.